The highest BCUT2D eigenvalue weighted by atomic mass is 16.1. The molecular weight excluding hydrogens is 202 g/mol. The van der Waals surface area contributed by atoms with Gasteiger partial charge in [0.05, 0.1) is 0 Å². The van der Waals surface area contributed by atoms with Crippen LogP contribution in [0.1, 0.15) is 24.5 Å². The molecule has 0 bridgehead atoms. The Balaban J connectivity index is 2.56. The summed E-state index contributed by atoms with van der Waals surface area (Å²) in [4.78, 5) is 23.0. The summed E-state index contributed by atoms with van der Waals surface area (Å²) in [5.74, 6) is 5.44. The lowest BCUT2D eigenvalue weighted by Crippen LogP contribution is -2.19. The van der Waals surface area contributed by atoms with Gasteiger partial charge in [0.25, 0.3) is 5.56 Å². The van der Waals surface area contributed by atoms with Crippen LogP contribution in [-0.2, 0) is 18.3 Å². The molecule has 82 valence electrons. The third-order valence-corrected chi connectivity index (χ3v) is 2.93. The molecule has 0 aliphatic heterocycles. The monoisotopic (exact) mass is 215 g/mol. The van der Waals surface area contributed by atoms with Gasteiger partial charge in [0.1, 0.15) is 0 Å². The maximum Gasteiger partial charge on any atom is 0.250 e. The molecule has 0 fully saturated rings. The minimum atomic E-state index is -0.0373. The number of carbonyl (C=O) groups excluding carboxylic acids is 1. The first kappa shape index (κ1) is 10.7. The molecule has 1 heterocycles. The second kappa shape index (κ2) is 3.97. The summed E-state index contributed by atoms with van der Waals surface area (Å²) < 4.78 is 1.49. The largest absolute Gasteiger partial charge is 0.317 e. The predicted molar refractivity (Wildman–Crippen MR) is 61.1 cm³/mol. The van der Waals surface area contributed by atoms with Crippen molar-refractivity contribution >= 4 is 5.78 Å². The summed E-state index contributed by atoms with van der Waals surface area (Å²) in [5, 5.41) is 0. The Kier molecular flexibility index (Phi) is 2.66. The first-order chi connectivity index (χ1) is 7.58. The van der Waals surface area contributed by atoms with Crippen LogP contribution in [0.5, 0.6) is 0 Å². The van der Waals surface area contributed by atoms with Gasteiger partial charge in [-0.2, -0.15) is 0 Å². The van der Waals surface area contributed by atoms with Gasteiger partial charge in [0, 0.05) is 30.8 Å². The molecule has 0 spiro atoms. The normalized spacial score (nSPS) is 19.1. The molecule has 0 radical (unpaired) electrons. The number of hydrogen-bond acceptors (Lipinski definition) is 2. The van der Waals surface area contributed by atoms with E-state index in [1.54, 1.807) is 19.3 Å². The van der Waals surface area contributed by atoms with E-state index in [0.29, 0.717) is 0 Å². The lowest BCUT2D eigenvalue weighted by molar-refractivity contribution is -0.117. The van der Waals surface area contributed by atoms with Crippen LogP contribution in [0.3, 0.4) is 0 Å². The van der Waals surface area contributed by atoms with E-state index in [9.17, 15) is 9.59 Å². The second-order valence-corrected chi connectivity index (χ2v) is 4.22. The van der Waals surface area contributed by atoms with Crippen molar-refractivity contribution in [3.63, 3.8) is 0 Å². The number of pyridine rings is 1. The van der Waals surface area contributed by atoms with Crippen LogP contribution < -0.4 is 5.56 Å². The Hall–Kier alpha value is -1.82. The standard InChI is InChI=1S/C13H13NO2/c1-9-3-4-10-7-13(16)14(2)8-11(10)5-6-12(9)15/h7-9H,3-4H2,1-2H3. The first-order valence-corrected chi connectivity index (χ1v) is 5.33. The Morgan fingerprint density at radius 2 is 2.12 bits per heavy atom. The van der Waals surface area contributed by atoms with Crippen LogP contribution in [0, 0.1) is 17.8 Å². The average Bonchev–Trinajstić information content (AvgIpc) is 2.26. The van der Waals surface area contributed by atoms with Crippen molar-refractivity contribution in [3.8, 4) is 11.8 Å². The molecule has 0 aromatic carbocycles. The number of carbonyl (C=O) groups is 1. The number of aromatic nitrogens is 1. The molecule has 3 nitrogen and oxygen atoms in total. The number of ketones is 1. The molecule has 3 heteroatoms. The highest BCUT2D eigenvalue weighted by molar-refractivity contribution is 5.97. The SMILES string of the molecule is CC1CCc2cc(=O)n(C)cc2C#CC1=O. The smallest absolute Gasteiger partial charge is 0.250 e. The van der Waals surface area contributed by atoms with Crippen molar-refractivity contribution < 1.29 is 4.79 Å². The summed E-state index contributed by atoms with van der Waals surface area (Å²) in [6.07, 6.45) is 3.20. The molecule has 1 aromatic rings. The second-order valence-electron chi connectivity index (χ2n) is 4.22. The van der Waals surface area contributed by atoms with E-state index in [1.165, 1.54) is 4.57 Å². The van der Waals surface area contributed by atoms with E-state index in [2.05, 4.69) is 11.8 Å². The summed E-state index contributed by atoms with van der Waals surface area (Å²) in [6.45, 7) is 1.88. The van der Waals surface area contributed by atoms with Crippen molar-refractivity contribution in [1.29, 1.82) is 0 Å². The van der Waals surface area contributed by atoms with Crippen LogP contribution in [0.2, 0.25) is 0 Å². The Morgan fingerprint density at radius 1 is 1.38 bits per heavy atom. The summed E-state index contributed by atoms with van der Waals surface area (Å²) in [5.41, 5.74) is 1.72. The highest BCUT2D eigenvalue weighted by Gasteiger charge is 2.14. The van der Waals surface area contributed by atoms with Gasteiger partial charge in [-0.3, -0.25) is 9.59 Å². The molecule has 1 aliphatic rings. The van der Waals surface area contributed by atoms with E-state index in [1.807, 2.05) is 6.92 Å². The summed E-state index contributed by atoms with van der Waals surface area (Å²) in [7, 11) is 1.69. The highest BCUT2D eigenvalue weighted by Crippen LogP contribution is 2.14. The molecule has 0 saturated heterocycles. The Labute approximate surface area is 94.1 Å². The van der Waals surface area contributed by atoms with Gasteiger partial charge in [-0.15, -0.1) is 0 Å². The maximum absolute atomic E-state index is 11.5. The lowest BCUT2D eigenvalue weighted by atomic mass is 9.93. The van der Waals surface area contributed by atoms with Crippen LogP contribution in [0.15, 0.2) is 17.1 Å². The molecule has 0 amide bonds. The zero-order chi connectivity index (χ0) is 11.7. The fourth-order valence-corrected chi connectivity index (χ4v) is 1.74. The molecule has 1 unspecified atom stereocenters. The molecule has 0 saturated carbocycles. The predicted octanol–water partition coefficient (Wildman–Crippen LogP) is 0.888. The van der Waals surface area contributed by atoms with Crippen LogP contribution >= 0.6 is 0 Å². The fourth-order valence-electron chi connectivity index (χ4n) is 1.74. The molecule has 16 heavy (non-hydrogen) atoms. The van der Waals surface area contributed by atoms with E-state index in [0.717, 1.165) is 24.0 Å². The minimum Gasteiger partial charge on any atom is -0.317 e. The minimum absolute atomic E-state index is 0.0143. The van der Waals surface area contributed by atoms with E-state index >= 15 is 0 Å². The van der Waals surface area contributed by atoms with E-state index < -0.39 is 0 Å². The van der Waals surface area contributed by atoms with Crippen molar-refractivity contribution in [3.05, 3.63) is 33.7 Å². The average molecular weight is 215 g/mol. The van der Waals surface area contributed by atoms with Crippen LogP contribution in [0.4, 0.5) is 0 Å². The third kappa shape index (κ3) is 1.92. The van der Waals surface area contributed by atoms with Crippen molar-refractivity contribution in [1.82, 2.24) is 4.57 Å². The van der Waals surface area contributed by atoms with Gasteiger partial charge in [-0.25, -0.2) is 0 Å². The van der Waals surface area contributed by atoms with Crippen molar-refractivity contribution in [2.24, 2.45) is 13.0 Å². The molecule has 0 N–H and O–H groups in total. The van der Waals surface area contributed by atoms with E-state index in [-0.39, 0.29) is 17.3 Å². The number of aryl methyl sites for hydroxylation is 2. The number of Topliss-reactive ketones (excluding diaryl/α,β-unsaturated/α-hetero) is 1. The van der Waals surface area contributed by atoms with Gasteiger partial charge < -0.3 is 4.57 Å². The van der Waals surface area contributed by atoms with Gasteiger partial charge in [-0.1, -0.05) is 12.8 Å². The van der Waals surface area contributed by atoms with Gasteiger partial charge in [0.2, 0.25) is 5.78 Å². The molecule has 1 aliphatic carbocycles. The number of nitrogens with zero attached hydrogens (tertiary/aromatic N) is 1. The Bertz CT molecular complexity index is 558. The van der Waals surface area contributed by atoms with Crippen LogP contribution in [0.25, 0.3) is 0 Å². The summed E-state index contributed by atoms with van der Waals surface area (Å²) in [6, 6.07) is 1.62. The summed E-state index contributed by atoms with van der Waals surface area (Å²) >= 11 is 0. The molecule has 1 aromatic heterocycles. The quantitative estimate of drug-likeness (QED) is 0.603. The molecule has 2 rings (SSSR count). The molecule has 1 atom stereocenters. The van der Waals surface area contributed by atoms with Gasteiger partial charge in [0.15, 0.2) is 0 Å². The maximum atomic E-state index is 11.5. The fraction of sp³-hybridized carbons (Fsp3) is 0.385. The van der Waals surface area contributed by atoms with E-state index in [4.69, 9.17) is 0 Å². The molecular formula is C13H13NO2. The van der Waals surface area contributed by atoms with Crippen molar-refractivity contribution in [2.75, 3.05) is 0 Å². The zero-order valence-electron chi connectivity index (χ0n) is 9.41. The lowest BCUT2D eigenvalue weighted by Gasteiger charge is -2.11. The number of rotatable bonds is 0. The van der Waals surface area contributed by atoms with Gasteiger partial charge >= 0.3 is 0 Å². The van der Waals surface area contributed by atoms with Crippen LogP contribution in [-0.4, -0.2) is 10.4 Å². The van der Waals surface area contributed by atoms with Crippen molar-refractivity contribution in [2.45, 2.75) is 19.8 Å². The number of hydrogen-bond donors (Lipinski definition) is 0. The van der Waals surface area contributed by atoms with Gasteiger partial charge in [-0.05, 0) is 24.3 Å². The Morgan fingerprint density at radius 3 is 2.88 bits per heavy atom. The topological polar surface area (TPSA) is 39.1 Å². The number of fused-ring (bicyclic) bond motifs is 1. The zero-order valence-corrected chi connectivity index (χ0v) is 9.41. The first-order valence-electron chi connectivity index (χ1n) is 5.33. The third-order valence-electron chi connectivity index (χ3n) is 2.93.